The molecule has 1 rings (SSSR count). The molecule has 0 amide bonds. The maximum Gasteiger partial charge on any atom is 0.170 e. The quantitative estimate of drug-likeness (QED) is 0.593. The maximum absolute atomic E-state index is 11.5. The molecule has 1 heterocycles. The summed E-state index contributed by atoms with van der Waals surface area (Å²) in [5.74, 6) is -1.15. The molecule has 104 valence electrons. The second-order valence-corrected chi connectivity index (χ2v) is 5.83. The Balaban J connectivity index is 0.000000711. The van der Waals surface area contributed by atoms with Crippen LogP contribution in [0.25, 0.3) is 0 Å². The van der Waals surface area contributed by atoms with Crippen LogP contribution in [0.1, 0.15) is 18.9 Å². The molecule has 0 aliphatic carbocycles. The van der Waals surface area contributed by atoms with Crippen LogP contribution in [-0.4, -0.2) is 24.9 Å². The average Bonchev–Trinajstić information content (AvgIpc) is 2.39. The Morgan fingerprint density at radius 1 is 1.42 bits per heavy atom. The summed E-state index contributed by atoms with van der Waals surface area (Å²) in [7, 11) is -3.41. The lowest BCUT2D eigenvalue weighted by Gasteiger charge is -2.01. The van der Waals surface area contributed by atoms with E-state index in [0.717, 1.165) is 12.5 Å². The van der Waals surface area contributed by atoms with E-state index < -0.39 is 21.4 Å². The largest absolute Gasteiger partial charge is 0.294 e. The number of hydrogen-bond acceptors (Lipinski definition) is 4. The van der Waals surface area contributed by atoms with Crippen molar-refractivity contribution in [2.45, 2.75) is 19.1 Å². The number of rotatable bonds is 6. The number of carbonyl (C=O) groups excluding carboxylic acids is 1. The van der Waals surface area contributed by atoms with E-state index in [2.05, 4.69) is 25.1 Å². The van der Waals surface area contributed by atoms with Gasteiger partial charge < -0.3 is 0 Å². The van der Waals surface area contributed by atoms with Gasteiger partial charge in [-0.1, -0.05) is 25.6 Å². The summed E-state index contributed by atoms with van der Waals surface area (Å²) in [6, 6.07) is 3.31. The maximum atomic E-state index is 11.5. The number of pyridine rings is 1. The zero-order valence-corrected chi connectivity index (χ0v) is 11.9. The second-order valence-electron chi connectivity index (χ2n) is 3.76. The van der Waals surface area contributed by atoms with Gasteiger partial charge >= 0.3 is 0 Å². The third-order valence-electron chi connectivity index (χ3n) is 1.99. The number of hydrogen-bond donors (Lipinski definition) is 0. The molecule has 0 saturated carbocycles. The molecule has 0 radical (unpaired) electrons. The highest BCUT2D eigenvalue weighted by Crippen LogP contribution is 2.04. The molecule has 19 heavy (non-hydrogen) atoms. The zero-order chi connectivity index (χ0) is 14.7. The Morgan fingerprint density at radius 3 is 2.47 bits per heavy atom. The van der Waals surface area contributed by atoms with Crippen molar-refractivity contribution in [1.29, 1.82) is 0 Å². The van der Waals surface area contributed by atoms with Gasteiger partial charge in [-0.25, -0.2) is 8.42 Å². The molecule has 0 aliphatic rings. The zero-order valence-electron chi connectivity index (χ0n) is 11.1. The van der Waals surface area contributed by atoms with Crippen LogP contribution in [0.4, 0.5) is 0 Å². The van der Waals surface area contributed by atoms with E-state index in [1.165, 1.54) is 6.20 Å². The summed E-state index contributed by atoms with van der Waals surface area (Å²) in [4.78, 5) is 14.7. The first-order valence-corrected chi connectivity index (χ1v) is 7.62. The van der Waals surface area contributed by atoms with Crippen molar-refractivity contribution in [2.75, 3.05) is 5.75 Å². The molecular weight excluding hydrogens is 262 g/mol. The molecule has 0 bridgehead atoms. The number of carbonyl (C=O) groups is 1. The number of sulfone groups is 1. The number of nitrogens with zero attached hydrogens (tertiary/aromatic N) is 1. The smallest absolute Gasteiger partial charge is 0.170 e. The Kier molecular flexibility index (Phi) is 8.37. The van der Waals surface area contributed by atoms with Crippen molar-refractivity contribution in [3.05, 3.63) is 55.4 Å². The molecule has 1 aromatic heterocycles. The molecule has 0 aromatic carbocycles. The minimum absolute atomic E-state index is 0.166. The van der Waals surface area contributed by atoms with Crippen molar-refractivity contribution < 1.29 is 13.2 Å². The fraction of sp³-hybridized carbons (Fsp3) is 0.286. The Morgan fingerprint density at radius 2 is 2.05 bits per heavy atom. The Bertz CT molecular complexity index is 507. The minimum atomic E-state index is -3.41. The van der Waals surface area contributed by atoms with E-state index in [4.69, 9.17) is 0 Å². The van der Waals surface area contributed by atoms with Crippen molar-refractivity contribution in [2.24, 2.45) is 0 Å². The summed E-state index contributed by atoms with van der Waals surface area (Å²) in [5.41, 5.74) is 0.578. The Labute approximate surface area is 114 Å². The van der Waals surface area contributed by atoms with Gasteiger partial charge in [0.05, 0.1) is 5.75 Å². The summed E-state index contributed by atoms with van der Waals surface area (Å²) in [5, 5.41) is 0. The fourth-order valence-electron chi connectivity index (χ4n) is 1.06. The van der Waals surface area contributed by atoms with Gasteiger partial charge in [0.15, 0.2) is 15.6 Å². The van der Waals surface area contributed by atoms with E-state index in [1.807, 2.05) is 6.08 Å². The summed E-state index contributed by atoms with van der Waals surface area (Å²) in [6.45, 7) is 8.77. The lowest BCUT2D eigenvalue weighted by Crippen LogP contribution is -2.15. The van der Waals surface area contributed by atoms with Crippen LogP contribution < -0.4 is 0 Å². The highest BCUT2D eigenvalue weighted by Gasteiger charge is 2.15. The van der Waals surface area contributed by atoms with Gasteiger partial charge in [-0.2, -0.15) is 0 Å². The molecule has 1 aromatic rings. The predicted octanol–water partition coefficient (Wildman–Crippen LogP) is 2.33. The molecule has 0 spiro atoms. The monoisotopic (exact) mass is 281 g/mol. The number of aromatic nitrogens is 1. The van der Waals surface area contributed by atoms with E-state index in [9.17, 15) is 13.2 Å². The topological polar surface area (TPSA) is 64.1 Å². The van der Waals surface area contributed by atoms with Crippen LogP contribution in [0.3, 0.4) is 0 Å². The van der Waals surface area contributed by atoms with Gasteiger partial charge in [-0.3, -0.25) is 9.78 Å². The molecule has 0 unspecified atom stereocenters. The summed E-state index contributed by atoms with van der Waals surface area (Å²) < 4.78 is 22.9. The lowest BCUT2D eigenvalue weighted by atomic mass is 10.3. The first-order valence-electron chi connectivity index (χ1n) is 5.80. The number of allylic oxidation sites excluding steroid dienone is 2. The van der Waals surface area contributed by atoms with Crippen LogP contribution in [0, 0.1) is 0 Å². The first kappa shape index (κ1) is 17.2. The predicted molar refractivity (Wildman–Crippen MR) is 77.4 cm³/mol. The molecule has 4 nitrogen and oxygen atoms in total. The van der Waals surface area contributed by atoms with E-state index in [-0.39, 0.29) is 5.75 Å². The standard InChI is InChI=1S/C10H11NO3S.C4H8/c1-2-10(12)8-15(13,14)7-9-4-3-5-11-6-9;1-3-4-2/h2-6H,1,7-8H2;3H,1,4H2,2H3. The van der Waals surface area contributed by atoms with Gasteiger partial charge in [0.2, 0.25) is 0 Å². The van der Waals surface area contributed by atoms with E-state index in [1.54, 1.807) is 18.3 Å². The molecule has 0 atom stereocenters. The van der Waals surface area contributed by atoms with E-state index >= 15 is 0 Å². The molecule has 0 saturated heterocycles. The van der Waals surface area contributed by atoms with Crippen LogP contribution >= 0.6 is 0 Å². The third-order valence-corrected chi connectivity index (χ3v) is 3.49. The third kappa shape index (κ3) is 8.90. The SMILES string of the molecule is C=CC(=O)CS(=O)(=O)Cc1cccnc1.C=CCC. The van der Waals surface area contributed by atoms with Crippen molar-refractivity contribution in [3.8, 4) is 0 Å². The molecule has 5 heteroatoms. The van der Waals surface area contributed by atoms with Crippen LogP contribution in [0.5, 0.6) is 0 Å². The van der Waals surface area contributed by atoms with E-state index in [0.29, 0.717) is 5.56 Å². The second kappa shape index (κ2) is 9.22. The van der Waals surface area contributed by atoms with Crippen molar-refractivity contribution in [1.82, 2.24) is 4.98 Å². The lowest BCUT2D eigenvalue weighted by molar-refractivity contribution is -0.112. The van der Waals surface area contributed by atoms with Crippen LogP contribution in [0.15, 0.2) is 49.8 Å². The molecular formula is C14H19NO3S. The summed E-state index contributed by atoms with van der Waals surface area (Å²) >= 11 is 0. The Hall–Kier alpha value is -1.75. The minimum Gasteiger partial charge on any atom is -0.294 e. The van der Waals surface area contributed by atoms with Crippen molar-refractivity contribution >= 4 is 15.6 Å². The van der Waals surface area contributed by atoms with Gasteiger partial charge in [-0.15, -0.1) is 6.58 Å². The average molecular weight is 281 g/mol. The summed E-state index contributed by atoms with van der Waals surface area (Å²) in [6.07, 6.45) is 7.00. The fourth-order valence-corrected chi connectivity index (χ4v) is 2.40. The van der Waals surface area contributed by atoms with Gasteiger partial charge in [-0.05, 0) is 24.1 Å². The van der Waals surface area contributed by atoms with Crippen LogP contribution in [-0.2, 0) is 20.4 Å². The highest BCUT2D eigenvalue weighted by atomic mass is 32.2. The molecule has 0 aliphatic heterocycles. The first-order chi connectivity index (χ1) is 8.95. The van der Waals surface area contributed by atoms with Crippen molar-refractivity contribution in [3.63, 3.8) is 0 Å². The van der Waals surface area contributed by atoms with Gasteiger partial charge in [0.25, 0.3) is 0 Å². The molecule has 0 fully saturated rings. The molecule has 0 N–H and O–H groups in total. The highest BCUT2D eigenvalue weighted by molar-refractivity contribution is 7.91. The number of ketones is 1. The van der Waals surface area contributed by atoms with Crippen LogP contribution in [0.2, 0.25) is 0 Å². The van der Waals surface area contributed by atoms with Gasteiger partial charge in [0, 0.05) is 12.4 Å². The normalized spacial score (nSPS) is 9.95. The van der Waals surface area contributed by atoms with Gasteiger partial charge in [0.1, 0.15) is 5.75 Å².